The van der Waals surface area contributed by atoms with Gasteiger partial charge in [-0.25, -0.2) is 4.79 Å². The van der Waals surface area contributed by atoms with E-state index in [1.807, 2.05) is 25.7 Å². The average Bonchev–Trinajstić information content (AvgIpc) is 2.23. The quantitative estimate of drug-likeness (QED) is 0.643. The van der Waals surface area contributed by atoms with Crippen LogP contribution in [0.2, 0.25) is 0 Å². The molecule has 0 saturated carbocycles. The minimum Gasteiger partial charge on any atom is -0.387 e. The summed E-state index contributed by atoms with van der Waals surface area (Å²) < 4.78 is 0. The number of amides is 3. The Morgan fingerprint density at radius 1 is 1.39 bits per heavy atom. The number of hydrogen-bond donors (Lipinski definition) is 3. The summed E-state index contributed by atoms with van der Waals surface area (Å²) in [5, 5.41) is 14.8. The second-order valence-electron chi connectivity index (χ2n) is 5.21. The van der Waals surface area contributed by atoms with Gasteiger partial charge in [0.25, 0.3) is 0 Å². The molecule has 0 atom stereocenters. The van der Waals surface area contributed by atoms with Gasteiger partial charge in [0.2, 0.25) is 5.91 Å². The van der Waals surface area contributed by atoms with E-state index in [0.29, 0.717) is 19.6 Å². The van der Waals surface area contributed by atoms with Crippen LogP contribution >= 0.6 is 0 Å². The van der Waals surface area contributed by atoms with Crippen molar-refractivity contribution in [1.29, 1.82) is 0 Å². The number of imide groups is 1. The van der Waals surface area contributed by atoms with Crippen molar-refractivity contribution in [1.82, 2.24) is 15.5 Å². The third-order valence-electron chi connectivity index (χ3n) is 3.23. The summed E-state index contributed by atoms with van der Waals surface area (Å²) >= 11 is 0. The number of nitrogens with zero attached hydrogens (tertiary/aromatic N) is 1. The summed E-state index contributed by atoms with van der Waals surface area (Å²) in [7, 11) is 0. The molecule has 6 heteroatoms. The van der Waals surface area contributed by atoms with Crippen molar-refractivity contribution in [2.75, 3.05) is 26.2 Å². The minimum atomic E-state index is -0.690. The summed E-state index contributed by atoms with van der Waals surface area (Å²) in [4.78, 5) is 24.6. The second kappa shape index (κ2) is 6.15. The number of aliphatic hydroxyl groups is 1. The van der Waals surface area contributed by atoms with Crippen LogP contribution in [0.1, 0.15) is 27.2 Å². The Kier molecular flexibility index (Phi) is 5.10. The van der Waals surface area contributed by atoms with Crippen LogP contribution in [-0.4, -0.2) is 53.7 Å². The second-order valence-corrected chi connectivity index (χ2v) is 5.21. The molecule has 0 unspecified atom stereocenters. The Morgan fingerprint density at radius 3 is 2.50 bits per heavy atom. The zero-order valence-corrected chi connectivity index (χ0v) is 11.3. The van der Waals surface area contributed by atoms with Gasteiger partial charge < -0.3 is 10.4 Å². The fraction of sp³-hybridized carbons (Fsp3) is 0.833. The van der Waals surface area contributed by atoms with Crippen LogP contribution in [-0.2, 0) is 4.79 Å². The fourth-order valence-corrected chi connectivity index (χ4v) is 1.86. The van der Waals surface area contributed by atoms with Crippen LogP contribution in [0.3, 0.4) is 0 Å². The molecule has 6 nitrogen and oxygen atoms in total. The molecule has 0 spiro atoms. The van der Waals surface area contributed by atoms with E-state index in [-0.39, 0.29) is 18.4 Å². The summed E-state index contributed by atoms with van der Waals surface area (Å²) in [6, 6.07) is -0.457. The Morgan fingerprint density at radius 2 is 2.00 bits per heavy atom. The number of likely N-dealkylation sites (tertiary alicyclic amines) is 1. The average molecular weight is 257 g/mol. The van der Waals surface area contributed by atoms with Crippen molar-refractivity contribution >= 4 is 11.9 Å². The molecule has 104 valence electrons. The molecule has 1 aliphatic heterocycles. The highest BCUT2D eigenvalue weighted by molar-refractivity contribution is 5.95. The highest BCUT2D eigenvalue weighted by Gasteiger charge is 2.43. The maximum absolute atomic E-state index is 11.5. The number of hydrogen-bond acceptors (Lipinski definition) is 4. The van der Waals surface area contributed by atoms with Gasteiger partial charge in [0, 0.05) is 19.6 Å². The molecule has 1 fully saturated rings. The van der Waals surface area contributed by atoms with Crippen LogP contribution in [0.25, 0.3) is 0 Å². The first kappa shape index (κ1) is 14.9. The molecule has 1 saturated heterocycles. The normalized spacial score (nSPS) is 18.3. The molecule has 0 aromatic rings. The minimum absolute atomic E-state index is 0.147. The third-order valence-corrected chi connectivity index (χ3v) is 3.23. The van der Waals surface area contributed by atoms with Crippen molar-refractivity contribution in [3.8, 4) is 0 Å². The van der Waals surface area contributed by atoms with Crippen LogP contribution in [0.15, 0.2) is 0 Å². The van der Waals surface area contributed by atoms with Gasteiger partial charge in [-0.2, -0.15) is 0 Å². The third kappa shape index (κ3) is 3.96. The first-order valence-electron chi connectivity index (χ1n) is 6.40. The number of carbonyl (C=O) groups is 2. The van der Waals surface area contributed by atoms with Crippen LogP contribution in [0.5, 0.6) is 0 Å². The molecule has 1 heterocycles. The fourth-order valence-electron chi connectivity index (χ4n) is 1.86. The molecule has 3 amide bonds. The lowest BCUT2D eigenvalue weighted by molar-refractivity contribution is -0.141. The maximum Gasteiger partial charge on any atom is 0.321 e. The zero-order valence-electron chi connectivity index (χ0n) is 11.3. The molecule has 3 N–H and O–H groups in total. The monoisotopic (exact) mass is 257 g/mol. The lowest BCUT2D eigenvalue weighted by atomic mass is 9.83. The number of urea groups is 1. The molecule has 1 aliphatic rings. The topological polar surface area (TPSA) is 81.7 Å². The molecule has 0 bridgehead atoms. The van der Waals surface area contributed by atoms with Crippen molar-refractivity contribution in [2.24, 2.45) is 5.92 Å². The molecular formula is C12H23N3O3. The molecule has 0 aliphatic carbocycles. The lowest BCUT2D eigenvalue weighted by Gasteiger charge is -2.48. The summed E-state index contributed by atoms with van der Waals surface area (Å²) in [6.07, 6.45) is 0.829. The van der Waals surface area contributed by atoms with E-state index in [4.69, 9.17) is 0 Å². The SMILES string of the molecule is CCCNC(=O)NC(=O)CN1CC(O)(C(C)C)C1. The predicted octanol–water partition coefficient (Wildman–Crippen LogP) is -0.0751. The van der Waals surface area contributed by atoms with Crippen molar-refractivity contribution in [3.05, 3.63) is 0 Å². The van der Waals surface area contributed by atoms with E-state index in [1.54, 1.807) is 0 Å². The van der Waals surface area contributed by atoms with Gasteiger partial charge in [0.1, 0.15) is 0 Å². The Balaban J connectivity index is 2.21. The van der Waals surface area contributed by atoms with Crippen molar-refractivity contribution < 1.29 is 14.7 Å². The van der Waals surface area contributed by atoms with E-state index in [1.165, 1.54) is 0 Å². The lowest BCUT2D eigenvalue weighted by Crippen LogP contribution is -2.66. The first-order chi connectivity index (χ1) is 8.37. The largest absolute Gasteiger partial charge is 0.387 e. The Labute approximate surface area is 108 Å². The molecule has 0 aromatic heterocycles. The van der Waals surface area contributed by atoms with Gasteiger partial charge in [0.15, 0.2) is 0 Å². The van der Waals surface area contributed by atoms with E-state index < -0.39 is 11.6 Å². The van der Waals surface area contributed by atoms with E-state index in [2.05, 4.69) is 10.6 Å². The van der Waals surface area contributed by atoms with Crippen molar-refractivity contribution in [3.63, 3.8) is 0 Å². The number of nitrogens with one attached hydrogen (secondary N) is 2. The Hall–Kier alpha value is -1.14. The van der Waals surface area contributed by atoms with Gasteiger partial charge >= 0.3 is 6.03 Å². The van der Waals surface area contributed by atoms with Gasteiger partial charge in [-0.3, -0.25) is 15.0 Å². The summed E-state index contributed by atoms with van der Waals surface area (Å²) in [5.74, 6) is -0.168. The molecule has 0 aromatic carbocycles. The smallest absolute Gasteiger partial charge is 0.321 e. The van der Waals surface area contributed by atoms with Crippen LogP contribution in [0.4, 0.5) is 4.79 Å². The molecule has 18 heavy (non-hydrogen) atoms. The maximum atomic E-state index is 11.5. The van der Waals surface area contributed by atoms with E-state index in [0.717, 1.165) is 6.42 Å². The predicted molar refractivity (Wildman–Crippen MR) is 68.1 cm³/mol. The number of β-amino-alcohol motifs (C(OH)–C–C–N with tert-alkyl or cyclic N) is 1. The summed E-state index contributed by atoms with van der Waals surface area (Å²) in [5.41, 5.74) is -0.690. The van der Waals surface area contributed by atoms with Crippen LogP contribution < -0.4 is 10.6 Å². The Bertz CT molecular complexity index is 312. The molecule has 0 radical (unpaired) electrons. The highest BCUT2D eigenvalue weighted by Crippen LogP contribution is 2.27. The van der Waals surface area contributed by atoms with Gasteiger partial charge in [0.05, 0.1) is 12.1 Å². The van der Waals surface area contributed by atoms with E-state index >= 15 is 0 Å². The van der Waals surface area contributed by atoms with Crippen molar-refractivity contribution in [2.45, 2.75) is 32.8 Å². The van der Waals surface area contributed by atoms with Gasteiger partial charge in [-0.05, 0) is 12.3 Å². The van der Waals surface area contributed by atoms with E-state index in [9.17, 15) is 14.7 Å². The summed E-state index contributed by atoms with van der Waals surface area (Å²) in [6.45, 7) is 7.51. The van der Waals surface area contributed by atoms with Crippen LogP contribution in [0, 0.1) is 5.92 Å². The standard InChI is InChI=1S/C12H23N3O3/c1-4-5-13-11(17)14-10(16)6-15-7-12(18,8-15)9(2)3/h9,18H,4-8H2,1-3H3,(H2,13,14,16,17). The zero-order chi connectivity index (χ0) is 13.8. The van der Waals surface area contributed by atoms with Gasteiger partial charge in [-0.1, -0.05) is 20.8 Å². The molecular weight excluding hydrogens is 234 g/mol. The van der Waals surface area contributed by atoms with Gasteiger partial charge in [-0.15, -0.1) is 0 Å². The molecule has 1 rings (SSSR count). The number of rotatable bonds is 5. The first-order valence-corrected chi connectivity index (χ1v) is 6.40. The highest BCUT2D eigenvalue weighted by atomic mass is 16.3. The number of carbonyl (C=O) groups excluding carboxylic acids is 2.